The number of hydrogen-bond donors (Lipinski definition) is 2. The number of nitrogens with zero attached hydrogens (tertiary/aromatic N) is 4. The van der Waals surface area contributed by atoms with Crippen molar-refractivity contribution >= 4 is 39.0 Å². The number of halogens is 1. The van der Waals surface area contributed by atoms with Gasteiger partial charge in [-0.05, 0) is 42.5 Å². The maximum Gasteiger partial charge on any atom is 0.407 e. The zero-order valence-electron chi connectivity index (χ0n) is 21.4. The van der Waals surface area contributed by atoms with Crippen molar-refractivity contribution in [2.24, 2.45) is 5.92 Å². The molecule has 3 heterocycles. The first-order chi connectivity index (χ1) is 18.3. The molecule has 0 bridgehead atoms. The van der Waals surface area contributed by atoms with Crippen LogP contribution in [0.1, 0.15) is 38.6 Å². The number of aromatic amines is 1. The molecule has 2 N–H and O–H groups in total. The van der Waals surface area contributed by atoms with E-state index in [0.717, 1.165) is 56.7 Å². The number of aromatic nitrogens is 4. The predicted molar refractivity (Wildman–Crippen MR) is 148 cm³/mol. The molecule has 0 saturated carbocycles. The second-order valence-electron chi connectivity index (χ2n) is 9.70. The van der Waals surface area contributed by atoms with Gasteiger partial charge in [0.2, 0.25) is 5.91 Å². The molecule has 2 unspecified atom stereocenters. The first-order valence-electron chi connectivity index (χ1n) is 12.6. The fraction of sp³-hybridized carbons (Fsp3) is 0.321. The largest absolute Gasteiger partial charge is 0.453 e. The molecule has 2 amide bonds. The van der Waals surface area contributed by atoms with Crippen molar-refractivity contribution in [3.05, 3.63) is 65.2 Å². The number of amides is 2. The van der Waals surface area contributed by atoms with E-state index in [0.29, 0.717) is 6.54 Å². The molecule has 0 spiro atoms. The maximum absolute atomic E-state index is 13.4. The van der Waals surface area contributed by atoms with Crippen LogP contribution in [-0.2, 0) is 9.53 Å². The van der Waals surface area contributed by atoms with Crippen molar-refractivity contribution < 1.29 is 14.3 Å². The second-order valence-corrected chi connectivity index (χ2v) is 10.6. The normalized spacial score (nSPS) is 16.1. The Morgan fingerprint density at radius 1 is 1.08 bits per heavy atom. The van der Waals surface area contributed by atoms with Gasteiger partial charge in [-0.25, -0.2) is 14.8 Å². The summed E-state index contributed by atoms with van der Waals surface area (Å²) >= 11 is 3.47. The minimum Gasteiger partial charge on any atom is -0.453 e. The van der Waals surface area contributed by atoms with Crippen molar-refractivity contribution in [2.75, 3.05) is 13.7 Å². The number of ether oxygens (including phenoxy) is 1. The molecule has 4 aromatic rings. The number of hydrogen-bond acceptors (Lipinski definition) is 6. The van der Waals surface area contributed by atoms with Gasteiger partial charge >= 0.3 is 6.09 Å². The van der Waals surface area contributed by atoms with Gasteiger partial charge in [0, 0.05) is 16.6 Å². The number of methoxy groups -OCH3 is 1. The predicted octanol–water partition coefficient (Wildman–Crippen LogP) is 5.49. The number of benzene rings is 2. The fourth-order valence-electron chi connectivity index (χ4n) is 4.79. The summed E-state index contributed by atoms with van der Waals surface area (Å²) in [6, 6.07) is 13.1. The van der Waals surface area contributed by atoms with E-state index in [1.54, 1.807) is 12.4 Å². The number of H-pyrrole nitrogens is 1. The lowest BCUT2D eigenvalue weighted by molar-refractivity contribution is -0.135. The molecule has 1 saturated heterocycles. The summed E-state index contributed by atoms with van der Waals surface area (Å²) in [5.74, 6) is 0.531. The van der Waals surface area contributed by atoms with E-state index in [4.69, 9.17) is 9.72 Å². The van der Waals surface area contributed by atoms with Gasteiger partial charge in [0.25, 0.3) is 0 Å². The lowest BCUT2D eigenvalue weighted by Crippen LogP contribution is -2.51. The molecule has 9 nitrogen and oxygen atoms in total. The number of fused-ring (bicyclic) bond motifs is 1. The number of alkyl carbamates (subject to hydrolysis) is 1. The SMILES string of the molecule is COC(=O)NC(C(=O)N1CCCC1c1ncc(-c2ccc(-c3cnc4cc(Br)ccc4n3)cc2)[nH]1)C(C)C. The molecule has 1 aliphatic rings. The van der Waals surface area contributed by atoms with Gasteiger partial charge < -0.3 is 19.9 Å². The van der Waals surface area contributed by atoms with E-state index in [1.807, 2.05) is 61.2 Å². The van der Waals surface area contributed by atoms with E-state index < -0.39 is 12.1 Å². The van der Waals surface area contributed by atoms with Gasteiger partial charge in [0.1, 0.15) is 11.9 Å². The standard InChI is InChI=1S/C28H29BrN6O3/c1-16(2)25(34-28(37)38-3)27(36)35-12-4-5-24(35)26-31-15-23(33-26)18-8-6-17(7-9-18)22-14-30-21-13-19(29)10-11-20(21)32-22/h6-11,13-16,24-25H,4-5,12H2,1-3H3,(H,31,33)(H,34,37). The number of rotatable bonds is 6. The first kappa shape index (κ1) is 25.8. The molecular weight excluding hydrogens is 548 g/mol. The minimum absolute atomic E-state index is 0.0808. The lowest BCUT2D eigenvalue weighted by Gasteiger charge is -2.30. The number of likely N-dealkylation sites (tertiary alicyclic amines) is 1. The molecule has 0 radical (unpaired) electrons. The van der Waals surface area contributed by atoms with Crippen LogP contribution in [0.5, 0.6) is 0 Å². The van der Waals surface area contributed by atoms with Gasteiger partial charge in [-0.3, -0.25) is 9.78 Å². The van der Waals surface area contributed by atoms with Crippen molar-refractivity contribution in [1.82, 2.24) is 30.2 Å². The summed E-state index contributed by atoms with van der Waals surface area (Å²) in [5, 5.41) is 2.68. The average Bonchev–Trinajstić information content (AvgIpc) is 3.61. The molecule has 2 aromatic carbocycles. The van der Waals surface area contributed by atoms with Gasteiger partial charge in [-0.1, -0.05) is 54.0 Å². The van der Waals surface area contributed by atoms with Crippen LogP contribution in [0.25, 0.3) is 33.5 Å². The summed E-state index contributed by atoms with van der Waals surface area (Å²) in [6.07, 6.45) is 4.64. The van der Waals surface area contributed by atoms with Crippen LogP contribution in [0.3, 0.4) is 0 Å². The van der Waals surface area contributed by atoms with Crippen LogP contribution in [0.2, 0.25) is 0 Å². The minimum atomic E-state index is -0.662. The first-order valence-corrected chi connectivity index (χ1v) is 13.4. The van der Waals surface area contributed by atoms with Crippen molar-refractivity contribution in [3.63, 3.8) is 0 Å². The Bertz CT molecular complexity index is 1470. The van der Waals surface area contributed by atoms with Crippen LogP contribution < -0.4 is 5.32 Å². The Balaban J connectivity index is 1.33. The van der Waals surface area contributed by atoms with Crippen LogP contribution in [0.15, 0.2) is 59.3 Å². The summed E-state index contributed by atoms with van der Waals surface area (Å²) in [4.78, 5) is 44.3. The van der Waals surface area contributed by atoms with Crippen LogP contribution >= 0.6 is 15.9 Å². The topological polar surface area (TPSA) is 113 Å². The Hall–Kier alpha value is -3.79. The van der Waals surface area contributed by atoms with Gasteiger partial charge in [0.15, 0.2) is 0 Å². The lowest BCUT2D eigenvalue weighted by atomic mass is 10.0. The molecule has 5 rings (SSSR count). The highest BCUT2D eigenvalue weighted by atomic mass is 79.9. The zero-order valence-corrected chi connectivity index (χ0v) is 23.0. The molecule has 0 aliphatic carbocycles. The average molecular weight is 577 g/mol. The Kier molecular flexibility index (Phi) is 7.42. The molecule has 38 heavy (non-hydrogen) atoms. The van der Waals surface area contributed by atoms with Crippen molar-refractivity contribution in [1.29, 1.82) is 0 Å². The Labute approximate surface area is 229 Å². The Morgan fingerprint density at radius 3 is 2.58 bits per heavy atom. The summed E-state index contributed by atoms with van der Waals surface area (Å²) in [7, 11) is 1.29. The maximum atomic E-state index is 13.4. The summed E-state index contributed by atoms with van der Waals surface area (Å²) in [6.45, 7) is 4.42. The fourth-order valence-corrected chi connectivity index (χ4v) is 5.14. The highest BCUT2D eigenvalue weighted by molar-refractivity contribution is 9.10. The second kappa shape index (κ2) is 10.9. The molecule has 10 heteroatoms. The van der Waals surface area contributed by atoms with Gasteiger partial charge in [0.05, 0.1) is 48.0 Å². The number of nitrogens with one attached hydrogen (secondary N) is 2. The van der Waals surface area contributed by atoms with E-state index in [2.05, 4.69) is 36.2 Å². The third-order valence-corrected chi connectivity index (χ3v) is 7.33. The number of imidazole rings is 1. The summed E-state index contributed by atoms with van der Waals surface area (Å²) in [5.41, 5.74) is 5.30. The molecular formula is C28H29BrN6O3. The van der Waals surface area contributed by atoms with Gasteiger partial charge in [-0.2, -0.15) is 0 Å². The van der Waals surface area contributed by atoms with Crippen LogP contribution in [0.4, 0.5) is 4.79 Å². The van der Waals surface area contributed by atoms with Crippen LogP contribution in [0, 0.1) is 5.92 Å². The molecule has 1 fully saturated rings. The van der Waals surface area contributed by atoms with E-state index in [9.17, 15) is 9.59 Å². The van der Waals surface area contributed by atoms with Crippen LogP contribution in [-0.4, -0.2) is 56.5 Å². The molecule has 196 valence electrons. The van der Waals surface area contributed by atoms with E-state index in [-0.39, 0.29) is 17.9 Å². The number of carbonyl (C=O) groups excluding carboxylic acids is 2. The van der Waals surface area contributed by atoms with Crippen molar-refractivity contribution in [3.8, 4) is 22.5 Å². The van der Waals surface area contributed by atoms with E-state index in [1.165, 1.54) is 7.11 Å². The highest BCUT2D eigenvalue weighted by Crippen LogP contribution is 2.33. The number of carbonyl (C=O) groups is 2. The molecule has 2 aromatic heterocycles. The zero-order chi connectivity index (χ0) is 26.8. The monoisotopic (exact) mass is 576 g/mol. The smallest absolute Gasteiger partial charge is 0.407 e. The third kappa shape index (κ3) is 5.26. The molecule has 1 aliphatic heterocycles. The third-order valence-electron chi connectivity index (χ3n) is 6.83. The van der Waals surface area contributed by atoms with E-state index >= 15 is 0 Å². The summed E-state index contributed by atoms with van der Waals surface area (Å²) < 4.78 is 5.69. The highest BCUT2D eigenvalue weighted by Gasteiger charge is 2.37. The molecule has 2 atom stereocenters. The Morgan fingerprint density at radius 2 is 1.84 bits per heavy atom. The van der Waals surface area contributed by atoms with Gasteiger partial charge in [-0.15, -0.1) is 0 Å². The quantitative estimate of drug-likeness (QED) is 0.313. The van der Waals surface area contributed by atoms with Crippen molar-refractivity contribution in [2.45, 2.75) is 38.8 Å².